The average molecular weight is 351 g/mol. The molecule has 5 nitrogen and oxygen atoms in total. The molecule has 0 spiro atoms. The van der Waals surface area contributed by atoms with Crippen molar-refractivity contribution in [2.45, 2.75) is 13.3 Å². The van der Waals surface area contributed by atoms with Gasteiger partial charge in [0.05, 0.1) is 12.8 Å². The first-order chi connectivity index (χ1) is 10.2. The van der Waals surface area contributed by atoms with Gasteiger partial charge in [-0.3, -0.25) is 0 Å². The number of para-hydroxylation sites is 2. The molecule has 1 N–H and O–H groups in total. The van der Waals surface area contributed by atoms with Crippen LogP contribution in [0.5, 0.6) is 5.75 Å². The number of rotatable bonds is 6. The molecule has 0 saturated heterocycles. The van der Waals surface area contributed by atoms with Gasteiger partial charge in [-0.25, -0.2) is 9.97 Å². The molecule has 6 heteroatoms. The lowest BCUT2D eigenvalue weighted by Gasteiger charge is -2.22. The Balaban J connectivity index is 2.37. The summed E-state index contributed by atoms with van der Waals surface area (Å²) in [7, 11) is 3.62. The van der Waals surface area contributed by atoms with E-state index in [0.29, 0.717) is 0 Å². The van der Waals surface area contributed by atoms with Gasteiger partial charge >= 0.3 is 0 Å². The number of methoxy groups -OCH3 is 1. The lowest BCUT2D eigenvalue weighted by molar-refractivity contribution is 0.415. The van der Waals surface area contributed by atoms with E-state index >= 15 is 0 Å². The molecule has 0 aliphatic rings. The van der Waals surface area contributed by atoms with Crippen LogP contribution in [0.2, 0.25) is 0 Å². The largest absolute Gasteiger partial charge is 0.495 e. The lowest BCUT2D eigenvalue weighted by atomic mass is 10.2. The molecule has 1 aromatic carbocycles. The predicted molar refractivity (Wildman–Crippen MR) is 89.6 cm³/mol. The number of nitrogens with one attached hydrogen (secondary N) is 1. The van der Waals surface area contributed by atoms with Crippen molar-refractivity contribution >= 4 is 33.3 Å². The minimum atomic E-state index is 0.785. The van der Waals surface area contributed by atoms with Crippen LogP contribution in [0.1, 0.15) is 13.3 Å². The molecule has 0 fully saturated rings. The van der Waals surface area contributed by atoms with E-state index in [1.54, 1.807) is 13.4 Å². The van der Waals surface area contributed by atoms with Crippen molar-refractivity contribution in [3.63, 3.8) is 0 Å². The third kappa shape index (κ3) is 3.44. The molecule has 0 unspecified atom stereocenters. The fourth-order valence-electron chi connectivity index (χ4n) is 1.98. The Bertz CT molecular complexity index is 606. The summed E-state index contributed by atoms with van der Waals surface area (Å²) in [6, 6.07) is 7.84. The fourth-order valence-corrected chi connectivity index (χ4v) is 2.59. The summed E-state index contributed by atoms with van der Waals surface area (Å²) < 4.78 is 6.25. The zero-order valence-corrected chi connectivity index (χ0v) is 14.0. The van der Waals surface area contributed by atoms with Gasteiger partial charge in [0.25, 0.3) is 0 Å². The van der Waals surface area contributed by atoms with E-state index in [9.17, 15) is 0 Å². The summed E-state index contributed by atoms with van der Waals surface area (Å²) in [5.74, 6) is 2.38. The molecule has 0 aliphatic heterocycles. The molecule has 0 aliphatic carbocycles. The van der Waals surface area contributed by atoms with Gasteiger partial charge in [-0.2, -0.15) is 0 Å². The number of benzene rings is 1. The van der Waals surface area contributed by atoms with Gasteiger partial charge < -0.3 is 15.0 Å². The average Bonchev–Trinajstić information content (AvgIpc) is 2.53. The summed E-state index contributed by atoms with van der Waals surface area (Å²) in [4.78, 5) is 10.6. The first kappa shape index (κ1) is 15.6. The third-order valence-electron chi connectivity index (χ3n) is 3.08. The maximum atomic E-state index is 5.41. The summed E-state index contributed by atoms with van der Waals surface area (Å²) in [6.45, 7) is 2.98. The zero-order chi connectivity index (χ0) is 15.2. The van der Waals surface area contributed by atoms with E-state index in [-0.39, 0.29) is 0 Å². The minimum Gasteiger partial charge on any atom is -0.495 e. The van der Waals surface area contributed by atoms with Crippen molar-refractivity contribution in [1.29, 1.82) is 0 Å². The number of halogens is 1. The Kier molecular flexibility index (Phi) is 5.38. The van der Waals surface area contributed by atoms with Crippen molar-refractivity contribution in [1.82, 2.24) is 9.97 Å². The van der Waals surface area contributed by atoms with Crippen LogP contribution in [-0.2, 0) is 0 Å². The molecule has 0 atom stereocenters. The maximum Gasteiger partial charge on any atom is 0.152 e. The van der Waals surface area contributed by atoms with Crippen LogP contribution in [0.15, 0.2) is 35.1 Å². The molecule has 1 aromatic heterocycles. The Morgan fingerprint density at radius 1 is 1.29 bits per heavy atom. The first-order valence-corrected chi connectivity index (χ1v) is 7.59. The Labute approximate surface area is 133 Å². The zero-order valence-electron chi connectivity index (χ0n) is 12.4. The number of nitrogens with zero attached hydrogens (tertiary/aromatic N) is 3. The number of aromatic nitrogens is 2. The van der Waals surface area contributed by atoms with E-state index in [4.69, 9.17) is 4.74 Å². The highest BCUT2D eigenvalue weighted by Crippen LogP contribution is 2.36. The second-order valence-corrected chi connectivity index (χ2v) is 5.31. The van der Waals surface area contributed by atoms with Crippen LogP contribution >= 0.6 is 15.9 Å². The Morgan fingerprint density at radius 2 is 2.05 bits per heavy atom. The lowest BCUT2D eigenvalue weighted by Crippen LogP contribution is -2.14. The number of ether oxygens (including phenoxy) is 1. The van der Waals surface area contributed by atoms with Crippen LogP contribution in [0.4, 0.5) is 17.3 Å². The molecule has 0 amide bonds. The molecule has 21 heavy (non-hydrogen) atoms. The van der Waals surface area contributed by atoms with Crippen molar-refractivity contribution in [2.75, 3.05) is 30.9 Å². The molecule has 0 saturated carbocycles. The standard InChI is InChI=1S/C15H19BrN4O/c1-4-9-17-14-13(16)15(19-10-18-14)20(2)11-7-5-6-8-12(11)21-3/h5-8,10H,4,9H2,1-3H3,(H,17,18,19). The van der Waals surface area contributed by atoms with Gasteiger partial charge in [0.2, 0.25) is 0 Å². The highest BCUT2D eigenvalue weighted by Gasteiger charge is 2.16. The van der Waals surface area contributed by atoms with Crippen LogP contribution in [0.3, 0.4) is 0 Å². The number of hydrogen-bond donors (Lipinski definition) is 1. The molecule has 2 aromatic rings. The highest BCUT2D eigenvalue weighted by molar-refractivity contribution is 9.10. The summed E-state index contributed by atoms with van der Waals surface area (Å²) in [5.41, 5.74) is 0.945. The second-order valence-electron chi connectivity index (χ2n) is 4.52. The van der Waals surface area contributed by atoms with Gasteiger partial charge in [-0.05, 0) is 34.5 Å². The second kappa shape index (κ2) is 7.26. The molecular weight excluding hydrogens is 332 g/mol. The Hall–Kier alpha value is -1.82. The molecule has 112 valence electrons. The van der Waals surface area contributed by atoms with E-state index < -0.39 is 0 Å². The smallest absolute Gasteiger partial charge is 0.152 e. The molecule has 2 rings (SSSR count). The maximum absolute atomic E-state index is 5.41. The molecule has 1 heterocycles. The van der Waals surface area contributed by atoms with Crippen LogP contribution in [0, 0.1) is 0 Å². The monoisotopic (exact) mass is 350 g/mol. The van der Waals surface area contributed by atoms with Crippen molar-refractivity contribution in [2.24, 2.45) is 0 Å². The van der Waals surface area contributed by atoms with E-state index in [0.717, 1.165) is 40.5 Å². The van der Waals surface area contributed by atoms with E-state index in [2.05, 4.69) is 38.1 Å². The van der Waals surface area contributed by atoms with Gasteiger partial charge in [-0.1, -0.05) is 19.1 Å². The van der Waals surface area contributed by atoms with Crippen molar-refractivity contribution < 1.29 is 4.74 Å². The number of hydrogen-bond acceptors (Lipinski definition) is 5. The van der Waals surface area contributed by atoms with E-state index in [1.807, 2.05) is 36.2 Å². The van der Waals surface area contributed by atoms with E-state index in [1.165, 1.54) is 0 Å². The third-order valence-corrected chi connectivity index (χ3v) is 3.81. The summed E-state index contributed by atoms with van der Waals surface area (Å²) in [6.07, 6.45) is 2.60. The number of anilines is 3. The predicted octanol–water partition coefficient (Wildman–Crippen LogP) is 3.84. The van der Waals surface area contributed by atoms with Crippen LogP contribution in [0.25, 0.3) is 0 Å². The van der Waals surface area contributed by atoms with Crippen molar-refractivity contribution in [3.05, 3.63) is 35.1 Å². The normalized spacial score (nSPS) is 10.3. The van der Waals surface area contributed by atoms with Crippen molar-refractivity contribution in [3.8, 4) is 5.75 Å². The van der Waals surface area contributed by atoms with Gasteiger partial charge in [0.1, 0.15) is 22.4 Å². The summed E-state index contributed by atoms with van der Waals surface area (Å²) >= 11 is 3.59. The topological polar surface area (TPSA) is 50.3 Å². The minimum absolute atomic E-state index is 0.785. The van der Waals surface area contributed by atoms with Crippen LogP contribution < -0.4 is 15.0 Å². The van der Waals surface area contributed by atoms with Gasteiger partial charge in [0.15, 0.2) is 5.82 Å². The quantitative estimate of drug-likeness (QED) is 0.857. The van der Waals surface area contributed by atoms with Crippen LogP contribution in [-0.4, -0.2) is 30.7 Å². The molecule has 0 radical (unpaired) electrons. The molecule has 0 bridgehead atoms. The molecular formula is C15H19BrN4O. The Morgan fingerprint density at radius 3 is 2.76 bits per heavy atom. The first-order valence-electron chi connectivity index (χ1n) is 6.80. The summed E-state index contributed by atoms with van der Waals surface area (Å²) in [5, 5.41) is 3.28. The highest BCUT2D eigenvalue weighted by atomic mass is 79.9. The van der Waals surface area contributed by atoms with Gasteiger partial charge in [0, 0.05) is 13.6 Å². The SMILES string of the molecule is CCCNc1ncnc(N(C)c2ccccc2OC)c1Br. The fraction of sp³-hybridized carbons (Fsp3) is 0.333. The van der Waals surface area contributed by atoms with Gasteiger partial charge in [-0.15, -0.1) is 0 Å².